The largest absolute Gasteiger partial charge is 0.466 e. The number of rotatable bonds is 5. The normalized spacial score (nSPS) is 21.7. The molecule has 0 aromatic heterocycles. The fraction of sp³-hybridized carbons (Fsp3) is 0.727. The zero-order valence-corrected chi connectivity index (χ0v) is 10.2. The molecule has 0 amide bonds. The van der Waals surface area contributed by atoms with Crippen LogP contribution in [-0.2, 0) is 9.53 Å². The van der Waals surface area contributed by atoms with E-state index in [2.05, 4.69) is 10.1 Å². The van der Waals surface area contributed by atoms with E-state index in [1.807, 2.05) is 17.8 Å². The third kappa shape index (κ3) is 4.71. The van der Waals surface area contributed by atoms with Gasteiger partial charge in [0.25, 0.3) is 0 Å². The van der Waals surface area contributed by atoms with E-state index in [-0.39, 0.29) is 5.97 Å². The first kappa shape index (κ1) is 12.6. The van der Waals surface area contributed by atoms with Crippen LogP contribution >= 0.6 is 11.8 Å². The molecule has 0 spiro atoms. The molecular formula is C11H19NO2S. The van der Waals surface area contributed by atoms with Crippen molar-refractivity contribution in [3.05, 3.63) is 11.6 Å². The highest BCUT2D eigenvalue weighted by atomic mass is 32.2. The number of hydrogen-bond donors (Lipinski definition) is 1. The molecule has 15 heavy (non-hydrogen) atoms. The topological polar surface area (TPSA) is 38.3 Å². The highest BCUT2D eigenvalue weighted by Crippen LogP contribution is 2.22. The summed E-state index contributed by atoms with van der Waals surface area (Å²) >= 11 is 2.03. The Morgan fingerprint density at radius 1 is 1.67 bits per heavy atom. The van der Waals surface area contributed by atoms with Crippen molar-refractivity contribution < 1.29 is 9.53 Å². The van der Waals surface area contributed by atoms with E-state index in [0.29, 0.717) is 5.57 Å². The van der Waals surface area contributed by atoms with Crippen LogP contribution in [0.15, 0.2) is 11.6 Å². The van der Waals surface area contributed by atoms with Crippen molar-refractivity contribution in [2.75, 3.05) is 31.7 Å². The first-order valence-corrected chi connectivity index (χ1v) is 6.43. The van der Waals surface area contributed by atoms with Crippen LogP contribution in [-0.4, -0.2) is 37.7 Å². The number of carbonyl (C=O) groups excluding carboxylic acids is 1. The molecule has 1 aliphatic heterocycles. The molecule has 0 aliphatic carbocycles. The van der Waals surface area contributed by atoms with Gasteiger partial charge in [0.15, 0.2) is 0 Å². The molecule has 1 saturated heterocycles. The monoisotopic (exact) mass is 229 g/mol. The molecule has 0 aromatic carbocycles. The maximum Gasteiger partial charge on any atom is 0.333 e. The van der Waals surface area contributed by atoms with Crippen LogP contribution in [0.5, 0.6) is 0 Å². The third-order valence-electron chi connectivity index (χ3n) is 2.52. The van der Waals surface area contributed by atoms with Gasteiger partial charge in [-0.2, -0.15) is 11.8 Å². The summed E-state index contributed by atoms with van der Waals surface area (Å²) in [6.07, 6.45) is 3.20. The SMILES string of the molecule is COC(=O)C(C)=CCNCC1CCSC1. The van der Waals surface area contributed by atoms with Crippen LogP contribution in [0.2, 0.25) is 0 Å². The third-order valence-corrected chi connectivity index (χ3v) is 3.75. The zero-order valence-electron chi connectivity index (χ0n) is 9.41. The van der Waals surface area contributed by atoms with Gasteiger partial charge in [-0.15, -0.1) is 0 Å². The number of hydrogen-bond acceptors (Lipinski definition) is 4. The quantitative estimate of drug-likeness (QED) is 0.440. The first-order valence-electron chi connectivity index (χ1n) is 5.27. The number of nitrogens with one attached hydrogen (secondary N) is 1. The molecule has 1 aliphatic rings. The molecule has 0 aromatic rings. The van der Waals surface area contributed by atoms with E-state index < -0.39 is 0 Å². The summed E-state index contributed by atoms with van der Waals surface area (Å²) in [6, 6.07) is 0. The average Bonchev–Trinajstić information content (AvgIpc) is 2.75. The Kier molecular flexibility index (Phi) is 5.79. The second-order valence-electron chi connectivity index (χ2n) is 3.77. The van der Waals surface area contributed by atoms with Crippen LogP contribution in [0, 0.1) is 5.92 Å². The number of esters is 1. The van der Waals surface area contributed by atoms with Gasteiger partial charge < -0.3 is 10.1 Å². The molecule has 0 saturated carbocycles. The van der Waals surface area contributed by atoms with E-state index in [1.165, 1.54) is 25.0 Å². The Hall–Kier alpha value is -0.480. The molecule has 1 fully saturated rings. The Balaban J connectivity index is 2.11. The Labute approximate surface area is 95.6 Å². The van der Waals surface area contributed by atoms with Gasteiger partial charge in [-0.25, -0.2) is 4.79 Å². The van der Waals surface area contributed by atoms with Crippen LogP contribution < -0.4 is 5.32 Å². The number of methoxy groups -OCH3 is 1. The van der Waals surface area contributed by atoms with Gasteiger partial charge in [0.05, 0.1) is 7.11 Å². The molecule has 0 bridgehead atoms. The summed E-state index contributed by atoms with van der Waals surface area (Å²) < 4.78 is 4.60. The Morgan fingerprint density at radius 3 is 3.07 bits per heavy atom. The van der Waals surface area contributed by atoms with Gasteiger partial charge in [0.2, 0.25) is 0 Å². The molecule has 1 rings (SSSR count). The van der Waals surface area contributed by atoms with Crippen LogP contribution in [0.25, 0.3) is 0 Å². The first-order chi connectivity index (χ1) is 7.24. The van der Waals surface area contributed by atoms with E-state index in [0.717, 1.165) is 19.0 Å². The second-order valence-corrected chi connectivity index (χ2v) is 4.92. The molecule has 3 nitrogen and oxygen atoms in total. The van der Waals surface area contributed by atoms with E-state index >= 15 is 0 Å². The summed E-state index contributed by atoms with van der Waals surface area (Å²) in [5.74, 6) is 3.13. The highest BCUT2D eigenvalue weighted by Gasteiger charge is 2.14. The minimum Gasteiger partial charge on any atom is -0.466 e. The summed E-state index contributed by atoms with van der Waals surface area (Å²) in [5.41, 5.74) is 0.672. The van der Waals surface area contributed by atoms with E-state index in [1.54, 1.807) is 6.92 Å². The summed E-state index contributed by atoms with van der Waals surface area (Å²) in [4.78, 5) is 11.0. The molecule has 1 N–H and O–H groups in total. The van der Waals surface area contributed by atoms with Gasteiger partial charge in [-0.1, -0.05) is 6.08 Å². The zero-order chi connectivity index (χ0) is 11.1. The van der Waals surface area contributed by atoms with Crippen molar-refractivity contribution in [1.82, 2.24) is 5.32 Å². The fourth-order valence-electron chi connectivity index (χ4n) is 1.50. The van der Waals surface area contributed by atoms with Crippen molar-refractivity contribution in [3.8, 4) is 0 Å². The molecule has 1 unspecified atom stereocenters. The number of ether oxygens (including phenoxy) is 1. The molecule has 1 heterocycles. The lowest BCUT2D eigenvalue weighted by Crippen LogP contribution is -2.23. The standard InChI is InChI=1S/C11H19NO2S/c1-9(11(13)14-2)3-5-12-7-10-4-6-15-8-10/h3,10,12H,4-8H2,1-2H3. The van der Waals surface area contributed by atoms with Crippen LogP contribution in [0.4, 0.5) is 0 Å². The smallest absolute Gasteiger partial charge is 0.333 e. The predicted octanol–water partition coefficient (Wildman–Crippen LogP) is 1.45. The van der Waals surface area contributed by atoms with Gasteiger partial charge in [-0.05, 0) is 37.3 Å². The average molecular weight is 229 g/mol. The lowest BCUT2D eigenvalue weighted by molar-refractivity contribution is -0.136. The highest BCUT2D eigenvalue weighted by molar-refractivity contribution is 7.99. The Bertz CT molecular complexity index is 235. The molecule has 4 heteroatoms. The second kappa shape index (κ2) is 6.90. The van der Waals surface area contributed by atoms with Gasteiger partial charge in [0, 0.05) is 12.1 Å². The van der Waals surface area contributed by atoms with Gasteiger partial charge in [0.1, 0.15) is 0 Å². The maximum atomic E-state index is 11.0. The Morgan fingerprint density at radius 2 is 2.47 bits per heavy atom. The fourth-order valence-corrected chi connectivity index (χ4v) is 2.79. The number of thioether (sulfide) groups is 1. The summed E-state index contributed by atoms with van der Waals surface area (Å²) in [6.45, 7) is 3.58. The molecular weight excluding hydrogens is 210 g/mol. The van der Waals surface area contributed by atoms with Crippen molar-refractivity contribution >= 4 is 17.7 Å². The minimum atomic E-state index is -0.242. The molecule has 86 valence electrons. The maximum absolute atomic E-state index is 11.0. The van der Waals surface area contributed by atoms with Gasteiger partial charge >= 0.3 is 5.97 Å². The lowest BCUT2D eigenvalue weighted by atomic mass is 10.1. The summed E-state index contributed by atoms with van der Waals surface area (Å²) in [5, 5.41) is 3.34. The van der Waals surface area contributed by atoms with Crippen molar-refractivity contribution in [3.63, 3.8) is 0 Å². The van der Waals surface area contributed by atoms with Crippen molar-refractivity contribution in [2.45, 2.75) is 13.3 Å². The molecule has 1 atom stereocenters. The van der Waals surface area contributed by atoms with Gasteiger partial charge in [-0.3, -0.25) is 0 Å². The van der Waals surface area contributed by atoms with E-state index in [4.69, 9.17) is 0 Å². The van der Waals surface area contributed by atoms with Crippen molar-refractivity contribution in [1.29, 1.82) is 0 Å². The van der Waals surface area contributed by atoms with Crippen LogP contribution in [0.3, 0.4) is 0 Å². The molecule has 0 radical (unpaired) electrons. The summed E-state index contributed by atoms with van der Waals surface area (Å²) in [7, 11) is 1.41. The lowest BCUT2D eigenvalue weighted by Gasteiger charge is -2.08. The van der Waals surface area contributed by atoms with E-state index in [9.17, 15) is 4.79 Å². The number of carbonyl (C=O) groups is 1. The van der Waals surface area contributed by atoms with Crippen molar-refractivity contribution in [2.24, 2.45) is 5.92 Å². The van der Waals surface area contributed by atoms with Crippen LogP contribution in [0.1, 0.15) is 13.3 Å². The minimum absolute atomic E-state index is 0.242. The predicted molar refractivity (Wildman–Crippen MR) is 64.1 cm³/mol.